The topological polar surface area (TPSA) is 52.5 Å². The number of halogens is 4. The van der Waals surface area contributed by atoms with Gasteiger partial charge in [-0.25, -0.2) is 4.98 Å². The highest BCUT2D eigenvalue weighted by Crippen LogP contribution is 2.40. The molecule has 1 aromatic heterocycles. The average Bonchev–Trinajstić information content (AvgIpc) is 2.89. The maximum Gasteiger partial charge on any atom is 0.417 e. The zero-order valence-corrected chi connectivity index (χ0v) is 21.9. The van der Waals surface area contributed by atoms with Crippen LogP contribution >= 0.6 is 23.4 Å². The number of rotatable bonds is 3. The fourth-order valence-corrected chi connectivity index (χ4v) is 5.73. The molecule has 0 unspecified atom stereocenters. The molecule has 0 saturated carbocycles. The van der Waals surface area contributed by atoms with Crippen molar-refractivity contribution in [3.05, 3.63) is 58.6 Å². The maximum atomic E-state index is 13.3. The Hall–Kier alpha value is -2.23. The number of hydrogen-bond donors (Lipinski definition) is 1. The number of fused-ring (bicyclic) bond motifs is 1. The minimum Gasteiger partial charge on any atom is -0.385 e. The van der Waals surface area contributed by atoms with Gasteiger partial charge in [-0.15, -0.1) is 0 Å². The van der Waals surface area contributed by atoms with Crippen molar-refractivity contribution in [2.45, 2.75) is 38.5 Å². The molecule has 1 N–H and O–H groups in total. The van der Waals surface area contributed by atoms with Crippen molar-refractivity contribution in [1.29, 1.82) is 0 Å². The molecule has 10 heteroatoms. The molecule has 0 amide bonds. The third kappa shape index (κ3) is 5.53. The minimum atomic E-state index is -4.58. The molecule has 194 valence electrons. The zero-order chi connectivity index (χ0) is 25.9. The number of nitrogens with zero attached hydrogens (tertiary/aromatic N) is 4. The molecule has 3 heterocycles. The second-order valence-corrected chi connectivity index (χ2v) is 10.3. The van der Waals surface area contributed by atoms with Gasteiger partial charge >= 0.3 is 6.18 Å². The molecular formula is C26H30ClF3N4OS. The Morgan fingerprint density at radius 3 is 2.28 bits per heavy atom. The van der Waals surface area contributed by atoms with E-state index in [9.17, 15) is 18.3 Å². The summed E-state index contributed by atoms with van der Waals surface area (Å²) in [5, 5.41) is 11.9. The van der Waals surface area contributed by atoms with Crippen LogP contribution < -0.4 is 9.80 Å². The quantitative estimate of drug-likeness (QED) is 0.418. The third-order valence-corrected chi connectivity index (χ3v) is 7.84. The standard InChI is InChI=1S/C24H24ClF3N4OS.C2H6/c25-19-6-5-16(15-18(19)24(26,27)28)23(33)7-9-32(10-8-23)22-29-20-4-2-1-3-17(20)21(30-22)31-11-13-34-14-12-31;1-2/h1-6,15,33H,7-14H2;1-2H3. The van der Waals surface area contributed by atoms with E-state index in [0.717, 1.165) is 47.4 Å². The van der Waals surface area contributed by atoms with Crippen molar-refractivity contribution >= 4 is 46.0 Å². The SMILES string of the molecule is CC.OC1(c2ccc(Cl)c(C(F)(F)F)c2)CCN(c2nc(N3CCSCC3)c3ccccc3n2)CC1. The molecule has 0 spiro atoms. The van der Waals surface area contributed by atoms with Crippen LogP contribution in [0.1, 0.15) is 37.8 Å². The minimum absolute atomic E-state index is 0.231. The summed E-state index contributed by atoms with van der Waals surface area (Å²) in [6, 6.07) is 11.6. The fraction of sp³-hybridized carbons (Fsp3) is 0.462. The molecule has 2 aromatic carbocycles. The van der Waals surface area contributed by atoms with Crippen LogP contribution in [0.3, 0.4) is 0 Å². The van der Waals surface area contributed by atoms with E-state index in [1.807, 2.05) is 54.8 Å². The van der Waals surface area contributed by atoms with Crippen LogP contribution in [0.2, 0.25) is 5.02 Å². The predicted molar refractivity (Wildman–Crippen MR) is 142 cm³/mol. The van der Waals surface area contributed by atoms with Gasteiger partial charge < -0.3 is 14.9 Å². The molecule has 2 saturated heterocycles. The molecule has 5 nitrogen and oxygen atoms in total. The summed E-state index contributed by atoms with van der Waals surface area (Å²) in [5.41, 5.74) is -1.21. The average molecular weight is 539 g/mol. The monoisotopic (exact) mass is 538 g/mol. The van der Waals surface area contributed by atoms with Gasteiger partial charge in [-0.2, -0.15) is 29.9 Å². The molecule has 0 aliphatic carbocycles. The highest BCUT2D eigenvalue weighted by Gasteiger charge is 2.39. The summed E-state index contributed by atoms with van der Waals surface area (Å²) in [7, 11) is 0. The molecule has 0 radical (unpaired) electrons. The van der Waals surface area contributed by atoms with E-state index >= 15 is 0 Å². The molecule has 36 heavy (non-hydrogen) atoms. The van der Waals surface area contributed by atoms with Gasteiger partial charge in [0, 0.05) is 43.1 Å². The number of benzene rings is 2. The number of anilines is 2. The molecule has 0 bridgehead atoms. The van der Waals surface area contributed by atoms with Crippen molar-refractivity contribution in [3.63, 3.8) is 0 Å². The van der Waals surface area contributed by atoms with Crippen molar-refractivity contribution < 1.29 is 18.3 Å². The van der Waals surface area contributed by atoms with Gasteiger partial charge in [0.1, 0.15) is 5.82 Å². The van der Waals surface area contributed by atoms with Gasteiger partial charge in [0.25, 0.3) is 0 Å². The number of aliphatic hydroxyl groups is 1. The number of para-hydroxylation sites is 1. The van der Waals surface area contributed by atoms with Crippen molar-refractivity contribution in [2.75, 3.05) is 47.5 Å². The summed E-state index contributed by atoms with van der Waals surface area (Å²) < 4.78 is 40.0. The van der Waals surface area contributed by atoms with Crippen LogP contribution in [0, 0.1) is 0 Å². The van der Waals surface area contributed by atoms with E-state index in [4.69, 9.17) is 21.6 Å². The van der Waals surface area contributed by atoms with Crippen LogP contribution in [-0.2, 0) is 11.8 Å². The maximum absolute atomic E-state index is 13.3. The van der Waals surface area contributed by atoms with E-state index in [1.165, 1.54) is 12.1 Å². The van der Waals surface area contributed by atoms with E-state index in [-0.39, 0.29) is 23.4 Å². The lowest BCUT2D eigenvalue weighted by molar-refractivity contribution is -0.137. The van der Waals surface area contributed by atoms with E-state index < -0.39 is 17.3 Å². The summed E-state index contributed by atoms with van der Waals surface area (Å²) in [6.07, 6.45) is -4.05. The number of alkyl halides is 3. The summed E-state index contributed by atoms with van der Waals surface area (Å²) in [6.45, 7) is 6.69. The Kier molecular flexibility index (Phi) is 8.22. The van der Waals surface area contributed by atoms with Crippen LogP contribution in [-0.4, -0.2) is 52.8 Å². The van der Waals surface area contributed by atoms with E-state index in [0.29, 0.717) is 19.0 Å². The second-order valence-electron chi connectivity index (χ2n) is 8.67. The number of hydrogen-bond acceptors (Lipinski definition) is 6. The highest BCUT2D eigenvalue weighted by atomic mass is 35.5. The van der Waals surface area contributed by atoms with Crippen molar-refractivity contribution in [1.82, 2.24) is 9.97 Å². The first-order valence-electron chi connectivity index (χ1n) is 12.2. The first kappa shape index (κ1) is 26.8. The first-order chi connectivity index (χ1) is 17.2. The van der Waals surface area contributed by atoms with Crippen LogP contribution in [0.5, 0.6) is 0 Å². The molecule has 2 aliphatic rings. The highest BCUT2D eigenvalue weighted by molar-refractivity contribution is 7.99. The van der Waals surface area contributed by atoms with Gasteiger partial charge in [-0.05, 0) is 42.7 Å². The molecule has 5 rings (SSSR count). The van der Waals surface area contributed by atoms with E-state index in [1.54, 1.807) is 0 Å². The molecule has 3 aromatic rings. The van der Waals surface area contributed by atoms with Crippen LogP contribution in [0.4, 0.5) is 24.9 Å². The lowest BCUT2D eigenvalue weighted by Gasteiger charge is -2.39. The summed E-state index contributed by atoms with van der Waals surface area (Å²) in [4.78, 5) is 14.0. The van der Waals surface area contributed by atoms with Gasteiger partial charge in [-0.3, -0.25) is 0 Å². The Balaban J connectivity index is 0.00000148. The van der Waals surface area contributed by atoms with Gasteiger partial charge in [-0.1, -0.05) is 43.6 Å². The predicted octanol–water partition coefficient (Wildman–Crippen LogP) is 6.37. The summed E-state index contributed by atoms with van der Waals surface area (Å²) in [5.74, 6) is 3.59. The number of piperidine rings is 1. The second kappa shape index (κ2) is 11.0. The lowest BCUT2D eigenvalue weighted by atomic mass is 9.84. The first-order valence-corrected chi connectivity index (χ1v) is 13.7. The third-order valence-electron chi connectivity index (χ3n) is 6.56. The molecule has 0 atom stereocenters. The lowest BCUT2D eigenvalue weighted by Crippen LogP contribution is -2.43. The molecule has 2 fully saturated rings. The van der Waals surface area contributed by atoms with Crippen LogP contribution in [0.15, 0.2) is 42.5 Å². The largest absolute Gasteiger partial charge is 0.417 e. The smallest absolute Gasteiger partial charge is 0.385 e. The van der Waals surface area contributed by atoms with Crippen molar-refractivity contribution in [2.24, 2.45) is 0 Å². The van der Waals surface area contributed by atoms with Gasteiger partial charge in [0.2, 0.25) is 5.95 Å². The Morgan fingerprint density at radius 2 is 1.61 bits per heavy atom. The van der Waals surface area contributed by atoms with Crippen molar-refractivity contribution in [3.8, 4) is 0 Å². The van der Waals surface area contributed by atoms with Gasteiger partial charge in [0.15, 0.2) is 0 Å². The van der Waals surface area contributed by atoms with Gasteiger partial charge in [0.05, 0.1) is 21.7 Å². The number of thioether (sulfide) groups is 1. The summed E-state index contributed by atoms with van der Waals surface area (Å²) >= 11 is 7.69. The zero-order valence-electron chi connectivity index (χ0n) is 20.4. The normalized spacial score (nSPS) is 18.1. The molecular weight excluding hydrogens is 509 g/mol. The Labute approximate surface area is 218 Å². The number of aromatic nitrogens is 2. The Bertz CT molecular complexity index is 1200. The Morgan fingerprint density at radius 1 is 0.944 bits per heavy atom. The van der Waals surface area contributed by atoms with Crippen LogP contribution in [0.25, 0.3) is 10.9 Å². The molecule has 2 aliphatic heterocycles. The van der Waals surface area contributed by atoms with E-state index in [2.05, 4.69) is 4.90 Å². The fourth-order valence-electron chi connectivity index (χ4n) is 4.60.